The highest BCUT2D eigenvalue weighted by atomic mass is 79.9. The maximum absolute atomic E-state index is 12.8. The number of benzene rings is 2. The molecular weight excluding hydrogens is 434 g/mol. The van der Waals surface area contributed by atoms with Gasteiger partial charge in [-0.3, -0.25) is 0 Å². The van der Waals surface area contributed by atoms with Gasteiger partial charge in [0.25, 0.3) is 0 Å². The Balaban J connectivity index is 1.44. The number of halogens is 1. The monoisotopic (exact) mass is 459 g/mol. The maximum Gasteiger partial charge on any atom is 0.319 e. The number of thioether (sulfide) groups is 1. The fraction of sp³-hybridized carbons (Fsp3) is 0.409. The summed E-state index contributed by atoms with van der Waals surface area (Å²) in [5, 5.41) is 6.31. The Hall–Kier alpha value is -1.66. The molecule has 1 saturated heterocycles. The van der Waals surface area contributed by atoms with Gasteiger partial charge in [-0.2, -0.15) is 11.8 Å². The first-order chi connectivity index (χ1) is 13.6. The van der Waals surface area contributed by atoms with Crippen molar-refractivity contribution in [3.8, 4) is 0 Å². The third kappa shape index (κ3) is 4.18. The molecule has 28 heavy (non-hydrogen) atoms. The van der Waals surface area contributed by atoms with Gasteiger partial charge in [0.15, 0.2) is 0 Å². The Bertz CT molecular complexity index is 863. The van der Waals surface area contributed by atoms with Gasteiger partial charge in [0.1, 0.15) is 0 Å². The summed E-state index contributed by atoms with van der Waals surface area (Å²) in [6.07, 6.45) is 3.08. The molecule has 2 aromatic carbocycles. The van der Waals surface area contributed by atoms with Crippen LogP contribution in [-0.4, -0.2) is 30.6 Å². The van der Waals surface area contributed by atoms with Crippen LogP contribution < -0.4 is 15.5 Å². The van der Waals surface area contributed by atoms with Crippen molar-refractivity contribution < 1.29 is 4.79 Å². The molecule has 0 atom stereocenters. The van der Waals surface area contributed by atoms with E-state index in [2.05, 4.69) is 62.7 Å². The lowest BCUT2D eigenvalue weighted by atomic mass is 9.72. The summed E-state index contributed by atoms with van der Waals surface area (Å²) in [7, 11) is 0. The molecule has 0 bridgehead atoms. The topological polar surface area (TPSA) is 44.4 Å². The first-order valence-corrected chi connectivity index (χ1v) is 11.8. The van der Waals surface area contributed by atoms with Crippen molar-refractivity contribution in [3.05, 3.63) is 58.1 Å². The minimum Gasteiger partial charge on any atom is -0.370 e. The average molecular weight is 460 g/mol. The minimum atomic E-state index is -0.257. The van der Waals surface area contributed by atoms with Crippen LogP contribution in [0, 0.1) is 6.92 Å². The number of amides is 2. The third-order valence-corrected chi connectivity index (χ3v) is 7.21. The summed E-state index contributed by atoms with van der Waals surface area (Å²) in [4.78, 5) is 15.2. The van der Waals surface area contributed by atoms with Gasteiger partial charge in [0, 0.05) is 40.4 Å². The molecule has 4 nitrogen and oxygen atoms in total. The van der Waals surface area contributed by atoms with Crippen LogP contribution >= 0.6 is 27.7 Å². The Labute approximate surface area is 179 Å². The Morgan fingerprint density at radius 3 is 2.57 bits per heavy atom. The second kappa shape index (κ2) is 8.37. The highest BCUT2D eigenvalue weighted by Crippen LogP contribution is 2.42. The largest absolute Gasteiger partial charge is 0.370 e. The Morgan fingerprint density at radius 1 is 1.14 bits per heavy atom. The number of hydrogen-bond acceptors (Lipinski definition) is 3. The zero-order valence-corrected chi connectivity index (χ0v) is 18.5. The average Bonchev–Trinajstić information content (AvgIpc) is 2.67. The zero-order valence-electron chi connectivity index (χ0n) is 16.1. The van der Waals surface area contributed by atoms with E-state index in [1.807, 2.05) is 30.0 Å². The number of nitrogens with zero attached hydrogens (tertiary/aromatic N) is 1. The van der Waals surface area contributed by atoms with Gasteiger partial charge >= 0.3 is 6.03 Å². The van der Waals surface area contributed by atoms with E-state index in [1.165, 1.54) is 22.8 Å². The van der Waals surface area contributed by atoms with Crippen LogP contribution in [0.2, 0.25) is 0 Å². The van der Waals surface area contributed by atoms with E-state index in [9.17, 15) is 4.79 Å². The summed E-state index contributed by atoms with van der Waals surface area (Å²) < 4.78 is 1.04. The van der Waals surface area contributed by atoms with E-state index in [4.69, 9.17) is 0 Å². The lowest BCUT2D eigenvalue weighted by Crippen LogP contribution is -2.52. The molecule has 0 unspecified atom stereocenters. The lowest BCUT2D eigenvalue weighted by molar-refractivity contribution is 0.185. The number of carbonyl (C=O) groups excluding carboxylic acids is 1. The van der Waals surface area contributed by atoms with Gasteiger partial charge in [0.05, 0.1) is 5.54 Å². The molecular formula is C22H26BrN3OS. The smallest absolute Gasteiger partial charge is 0.319 e. The molecule has 0 aromatic heterocycles. The van der Waals surface area contributed by atoms with E-state index in [0.717, 1.165) is 48.1 Å². The molecule has 1 heterocycles. The highest BCUT2D eigenvalue weighted by molar-refractivity contribution is 9.10. The van der Waals surface area contributed by atoms with Crippen LogP contribution in [0.3, 0.4) is 0 Å². The van der Waals surface area contributed by atoms with Gasteiger partial charge in [-0.15, -0.1) is 0 Å². The van der Waals surface area contributed by atoms with Crippen LogP contribution in [0.25, 0.3) is 0 Å². The standard InChI is InChI=1S/C22H26BrN3OS/c1-16-14-19(26-10-12-28-13-11-26)6-7-20(16)24-21(27)25-22(8-3-9-22)17-4-2-5-18(23)15-17/h2,4-7,14-15H,3,8-13H2,1H3,(H2,24,25,27). The van der Waals surface area contributed by atoms with Crippen LogP contribution in [0.5, 0.6) is 0 Å². The highest BCUT2D eigenvalue weighted by Gasteiger charge is 2.40. The molecule has 2 aliphatic rings. The maximum atomic E-state index is 12.8. The van der Waals surface area contributed by atoms with Crippen molar-refractivity contribution in [2.24, 2.45) is 0 Å². The molecule has 0 radical (unpaired) electrons. The van der Waals surface area contributed by atoms with Crippen molar-refractivity contribution in [2.45, 2.75) is 31.7 Å². The van der Waals surface area contributed by atoms with E-state index in [1.54, 1.807) is 0 Å². The predicted octanol–water partition coefficient (Wildman–Crippen LogP) is 5.51. The van der Waals surface area contributed by atoms with Gasteiger partial charge in [0.2, 0.25) is 0 Å². The fourth-order valence-corrected chi connectivity index (χ4v) is 5.28. The molecule has 148 valence electrons. The normalized spacial score (nSPS) is 18.3. The Morgan fingerprint density at radius 2 is 1.93 bits per heavy atom. The first-order valence-electron chi connectivity index (χ1n) is 9.84. The number of hydrogen-bond donors (Lipinski definition) is 2. The van der Waals surface area contributed by atoms with Crippen molar-refractivity contribution in [1.82, 2.24) is 5.32 Å². The van der Waals surface area contributed by atoms with Crippen molar-refractivity contribution in [2.75, 3.05) is 34.8 Å². The summed E-state index contributed by atoms with van der Waals surface area (Å²) >= 11 is 5.55. The molecule has 1 saturated carbocycles. The Kier molecular flexibility index (Phi) is 5.88. The summed E-state index contributed by atoms with van der Waals surface area (Å²) in [5.74, 6) is 2.36. The van der Waals surface area contributed by atoms with E-state index in [-0.39, 0.29) is 11.6 Å². The van der Waals surface area contributed by atoms with Gasteiger partial charge in [-0.25, -0.2) is 4.79 Å². The second-order valence-electron chi connectivity index (χ2n) is 7.62. The number of carbonyl (C=O) groups is 1. The van der Waals surface area contributed by atoms with Crippen molar-refractivity contribution >= 4 is 45.1 Å². The molecule has 0 spiro atoms. The number of nitrogens with one attached hydrogen (secondary N) is 2. The molecule has 2 fully saturated rings. The number of urea groups is 1. The fourth-order valence-electron chi connectivity index (χ4n) is 3.98. The quantitative estimate of drug-likeness (QED) is 0.632. The molecule has 2 N–H and O–H groups in total. The molecule has 4 rings (SSSR count). The number of rotatable bonds is 4. The van der Waals surface area contributed by atoms with Crippen molar-refractivity contribution in [1.29, 1.82) is 0 Å². The van der Waals surface area contributed by atoms with Crippen molar-refractivity contribution in [3.63, 3.8) is 0 Å². The van der Waals surface area contributed by atoms with E-state index < -0.39 is 0 Å². The van der Waals surface area contributed by atoms with E-state index in [0.29, 0.717) is 0 Å². The molecule has 2 amide bonds. The minimum absolute atomic E-state index is 0.134. The molecule has 6 heteroatoms. The van der Waals surface area contributed by atoms with Crippen LogP contribution in [0.15, 0.2) is 46.9 Å². The van der Waals surface area contributed by atoms with Crippen LogP contribution in [0.1, 0.15) is 30.4 Å². The number of aryl methyl sites for hydroxylation is 1. The third-order valence-electron chi connectivity index (χ3n) is 5.77. The lowest BCUT2D eigenvalue weighted by Gasteiger charge is -2.43. The molecule has 2 aromatic rings. The summed E-state index contributed by atoms with van der Waals surface area (Å²) in [6, 6.07) is 14.4. The second-order valence-corrected chi connectivity index (χ2v) is 9.76. The van der Waals surface area contributed by atoms with Crippen LogP contribution in [-0.2, 0) is 5.54 Å². The molecule has 1 aliphatic carbocycles. The van der Waals surface area contributed by atoms with Gasteiger partial charge in [-0.05, 0) is 67.6 Å². The first kappa shape index (κ1) is 19.6. The predicted molar refractivity (Wildman–Crippen MR) is 123 cm³/mol. The SMILES string of the molecule is Cc1cc(N2CCSCC2)ccc1NC(=O)NC1(c2cccc(Br)c2)CCC1. The molecule has 1 aliphatic heterocycles. The van der Waals surface area contributed by atoms with Gasteiger partial charge < -0.3 is 15.5 Å². The van der Waals surface area contributed by atoms with Crippen LogP contribution in [0.4, 0.5) is 16.2 Å². The zero-order chi connectivity index (χ0) is 19.6. The summed E-state index contributed by atoms with van der Waals surface area (Å²) in [5.41, 5.74) is 4.12. The van der Waals surface area contributed by atoms with Gasteiger partial charge in [-0.1, -0.05) is 28.1 Å². The number of anilines is 2. The van der Waals surface area contributed by atoms with E-state index >= 15 is 0 Å². The summed E-state index contributed by atoms with van der Waals surface area (Å²) in [6.45, 7) is 4.24.